The number of anilines is 1. The molecule has 0 radical (unpaired) electrons. The van der Waals surface area contributed by atoms with Gasteiger partial charge in [0, 0.05) is 30.1 Å². The number of nitrogens with zero attached hydrogens (tertiary/aromatic N) is 1. The van der Waals surface area contributed by atoms with Gasteiger partial charge in [0.2, 0.25) is 0 Å². The van der Waals surface area contributed by atoms with Crippen molar-refractivity contribution >= 4 is 23.3 Å². The summed E-state index contributed by atoms with van der Waals surface area (Å²) in [6, 6.07) is 11.0. The first-order valence-corrected chi connectivity index (χ1v) is 10.3. The van der Waals surface area contributed by atoms with Crippen LogP contribution < -0.4 is 10.1 Å². The minimum absolute atomic E-state index is 0.0236. The Morgan fingerprint density at radius 1 is 1.00 bits per heavy atom. The van der Waals surface area contributed by atoms with Crippen molar-refractivity contribution in [3.8, 4) is 5.75 Å². The molecular weight excluding hydrogens is 380 g/mol. The van der Waals surface area contributed by atoms with Crippen molar-refractivity contribution < 1.29 is 19.1 Å². The Morgan fingerprint density at radius 2 is 1.67 bits per heavy atom. The zero-order valence-corrected chi connectivity index (χ0v) is 17.5. The summed E-state index contributed by atoms with van der Waals surface area (Å²) in [4.78, 5) is 39.5. The highest BCUT2D eigenvalue weighted by atomic mass is 16.5. The number of ether oxygens (including phenoxy) is 1. The molecule has 2 aromatic carbocycles. The Balaban J connectivity index is 1.42. The van der Waals surface area contributed by atoms with E-state index in [1.54, 1.807) is 25.1 Å². The summed E-state index contributed by atoms with van der Waals surface area (Å²) < 4.78 is 5.56. The van der Waals surface area contributed by atoms with E-state index in [2.05, 4.69) is 5.32 Å². The van der Waals surface area contributed by atoms with Crippen molar-refractivity contribution in [3.05, 3.63) is 58.7 Å². The number of nitrogens with one attached hydrogen (secondary N) is 1. The molecule has 1 atom stereocenters. The van der Waals surface area contributed by atoms with Gasteiger partial charge in [-0.3, -0.25) is 14.4 Å². The molecule has 2 aliphatic heterocycles. The van der Waals surface area contributed by atoms with Gasteiger partial charge < -0.3 is 15.0 Å². The van der Waals surface area contributed by atoms with Gasteiger partial charge in [0.25, 0.3) is 11.8 Å². The van der Waals surface area contributed by atoms with Crippen molar-refractivity contribution in [1.82, 2.24) is 4.90 Å². The summed E-state index contributed by atoms with van der Waals surface area (Å²) in [5.41, 5.74) is 3.94. The number of hydrogen-bond donors (Lipinski definition) is 1. The van der Waals surface area contributed by atoms with E-state index in [4.69, 9.17) is 4.74 Å². The highest BCUT2D eigenvalue weighted by molar-refractivity contribution is 6.02. The first-order valence-electron chi connectivity index (χ1n) is 10.3. The first-order chi connectivity index (χ1) is 14.3. The lowest BCUT2D eigenvalue weighted by Crippen LogP contribution is -2.40. The largest absolute Gasteiger partial charge is 0.479 e. The second kappa shape index (κ2) is 7.94. The minimum Gasteiger partial charge on any atom is -0.479 e. The zero-order chi connectivity index (χ0) is 21.4. The molecule has 0 spiro atoms. The van der Waals surface area contributed by atoms with Crippen LogP contribution in [0.1, 0.15) is 51.6 Å². The SMILES string of the molecule is Cc1cc(C)cc(C(=O)N2CCC(C(=O)c3ccc4c(c3)NC(=O)C(C)O4)CC2)c1. The molecule has 0 aromatic heterocycles. The number of rotatable bonds is 3. The van der Waals surface area contributed by atoms with Gasteiger partial charge in [-0.2, -0.15) is 0 Å². The van der Waals surface area contributed by atoms with Gasteiger partial charge >= 0.3 is 0 Å². The molecule has 4 rings (SSSR count). The highest BCUT2D eigenvalue weighted by Crippen LogP contribution is 2.32. The van der Waals surface area contributed by atoms with Crippen LogP contribution in [0.4, 0.5) is 5.69 Å². The lowest BCUT2D eigenvalue weighted by atomic mass is 9.88. The Morgan fingerprint density at radius 3 is 2.33 bits per heavy atom. The number of ketones is 1. The molecule has 2 heterocycles. The molecule has 0 bridgehead atoms. The van der Waals surface area contributed by atoms with E-state index < -0.39 is 6.10 Å². The summed E-state index contributed by atoms with van der Waals surface area (Å²) in [5, 5.41) is 2.79. The number of piperidine rings is 1. The van der Waals surface area contributed by atoms with Crippen LogP contribution >= 0.6 is 0 Å². The first kappa shape index (κ1) is 20.1. The molecule has 2 aromatic rings. The minimum atomic E-state index is -0.543. The molecule has 0 aliphatic carbocycles. The Labute approximate surface area is 176 Å². The Kier molecular flexibility index (Phi) is 5.33. The number of carbonyl (C=O) groups excluding carboxylic acids is 3. The molecule has 156 valence electrons. The number of likely N-dealkylation sites (tertiary alicyclic amines) is 1. The summed E-state index contributed by atoms with van der Waals surface area (Å²) in [6.07, 6.45) is 0.719. The molecule has 1 saturated heterocycles. The van der Waals surface area contributed by atoms with Crippen molar-refractivity contribution in [3.63, 3.8) is 0 Å². The third-order valence-electron chi connectivity index (χ3n) is 5.82. The fraction of sp³-hybridized carbons (Fsp3) is 0.375. The molecule has 1 unspecified atom stereocenters. The van der Waals surface area contributed by atoms with Crippen LogP contribution in [0.3, 0.4) is 0 Å². The van der Waals surface area contributed by atoms with E-state index in [0.29, 0.717) is 48.5 Å². The van der Waals surface area contributed by atoms with Crippen LogP contribution in [-0.2, 0) is 4.79 Å². The molecule has 0 saturated carbocycles. The maximum absolute atomic E-state index is 13.0. The smallest absolute Gasteiger partial charge is 0.265 e. The topological polar surface area (TPSA) is 75.7 Å². The van der Waals surface area contributed by atoms with Gasteiger partial charge in [0.1, 0.15) is 5.75 Å². The molecule has 6 nitrogen and oxygen atoms in total. The number of aryl methyl sites for hydroxylation is 2. The standard InChI is InChI=1S/C24H26N2O4/c1-14-10-15(2)12-19(11-14)24(29)26-8-6-17(7-9-26)22(27)18-4-5-21-20(13-18)25-23(28)16(3)30-21/h4-5,10-13,16-17H,6-9H2,1-3H3,(H,25,28). The van der Waals surface area contributed by atoms with Crippen LogP contribution in [0.15, 0.2) is 36.4 Å². The Hall–Kier alpha value is -3.15. The van der Waals surface area contributed by atoms with Crippen molar-refractivity contribution in [1.29, 1.82) is 0 Å². The van der Waals surface area contributed by atoms with Crippen molar-refractivity contribution in [2.45, 2.75) is 39.7 Å². The van der Waals surface area contributed by atoms with Gasteiger partial charge in [-0.25, -0.2) is 0 Å². The fourth-order valence-electron chi connectivity index (χ4n) is 4.22. The summed E-state index contributed by atoms with van der Waals surface area (Å²) in [7, 11) is 0. The summed E-state index contributed by atoms with van der Waals surface area (Å²) in [6.45, 7) is 6.78. The van der Waals surface area contributed by atoms with Crippen molar-refractivity contribution in [2.75, 3.05) is 18.4 Å². The van der Waals surface area contributed by atoms with Crippen LogP contribution in [0, 0.1) is 19.8 Å². The molecule has 6 heteroatoms. The van der Waals surface area contributed by atoms with E-state index in [1.165, 1.54) is 0 Å². The van der Waals surface area contributed by atoms with Gasteiger partial charge in [-0.1, -0.05) is 17.2 Å². The maximum atomic E-state index is 13.0. The highest BCUT2D eigenvalue weighted by Gasteiger charge is 2.30. The number of hydrogen-bond acceptors (Lipinski definition) is 4. The number of amides is 2. The van der Waals surface area contributed by atoms with Crippen LogP contribution in [0.2, 0.25) is 0 Å². The quantitative estimate of drug-likeness (QED) is 0.788. The van der Waals surface area contributed by atoms with E-state index in [9.17, 15) is 14.4 Å². The average Bonchev–Trinajstić information content (AvgIpc) is 2.72. The predicted molar refractivity (Wildman–Crippen MR) is 114 cm³/mol. The number of carbonyl (C=O) groups is 3. The number of fused-ring (bicyclic) bond motifs is 1. The normalized spacial score (nSPS) is 19.0. The number of Topliss-reactive ketones (excluding diaryl/α,β-unsaturated/α-hetero) is 1. The van der Waals surface area contributed by atoms with Crippen molar-refractivity contribution in [2.24, 2.45) is 5.92 Å². The average molecular weight is 406 g/mol. The molecule has 1 fully saturated rings. The maximum Gasteiger partial charge on any atom is 0.265 e. The molecular formula is C24H26N2O4. The molecule has 2 amide bonds. The fourth-order valence-corrected chi connectivity index (χ4v) is 4.22. The Bertz CT molecular complexity index is 1000. The summed E-state index contributed by atoms with van der Waals surface area (Å²) in [5.74, 6) is 0.294. The predicted octanol–water partition coefficient (Wildman–Crippen LogP) is 3.76. The molecule has 2 aliphatic rings. The van der Waals surface area contributed by atoms with Gasteiger partial charge in [-0.05, 0) is 63.9 Å². The van der Waals surface area contributed by atoms with E-state index >= 15 is 0 Å². The third kappa shape index (κ3) is 3.95. The summed E-state index contributed by atoms with van der Waals surface area (Å²) >= 11 is 0. The van der Waals surface area contributed by atoms with Crippen LogP contribution in [0.5, 0.6) is 5.75 Å². The monoisotopic (exact) mass is 406 g/mol. The van der Waals surface area contributed by atoms with Gasteiger partial charge in [0.05, 0.1) is 5.69 Å². The van der Waals surface area contributed by atoms with Crippen LogP contribution in [0.25, 0.3) is 0 Å². The van der Waals surface area contributed by atoms with E-state index in [-0.39, 0.29) is 23.5 Å². The lowest BCUT2D eigenvalue weighted by Gasteiger charge is -2.32. The van der Waals surface area contributed by atoms with E-state index in [1.807, 2.05) is 36.9 Å². The third-order valence-corrected chi connectivity index (χ3v) is 5.82. The molecule has 1 N–H and O–H groups in total. The van der Waals surface area contributed by atoms with Gasteiger partial charge in [-0.15, -0.1) is 0 Å². The lowest BCUT2D eigenvalue weighted by molar-refractivity contribution is -0.122. The second-order valence-electron chi connectivity index (χ2n) is 8.27. The van der Waals surface area contributed by atoms with Gasteiger partial charge in [0.15, 0.2) is 11.9 Å². The molecule has 30 heavy (non-hydrogen) atoms. The van der Waals surface area contributed by atoms with Crippen LogP contribution in [-0.4, -0.2) is 41.7 Å². The number of benzene rings is 2. The zero-order valence-electron chi connectivity index (χ0n) is 17.5. The second-order valence-corrected chi connectivity index (χ2v) is 8.27. The van der Waals surface area contributed by atoms with E-state index in [0.717, 1.165) is 11.1 Å².